The molecule has 13 heavy (non-hydrogen) atoms. The zero-order valence-corrected chi connectivity index (χ0v) is 8.97. The lowest BCUT2D eigenvalue weighted by molar-refractivity contribution is 0.410. The fraction of sp³-hybridized carbons (Fsp3) is 0.300. The van der Waals surface area contributed by atoms with Crippen LogP contribution in [0.1, 0.15) is 11.1 Å². The maximum atomic E-state index is 8.66. The number of benzene rings is 1. The van der Waals surface area contributed by atoms with Crippen LogP contribution in [0.3, 0.4) is 0 Å². The van der Waals surface area contributed by atoms with Crippen LogP contribution in [0, 0.1) is 11.3 Å². The Morgan fingerprint density at radius 2 is 2.31 bits per heavy atom. The largest absolute Gasteiger partial charge is 0.496 e. The second-order valence-corrected chi connectivity index (χ2v) is 3.37. The van der Waals surface area contributed by atoms with Gasteiger partial charge in [-0.25, -0.2) is 0 Å². The molecule has 0 heterocycles. The molecule has 0 amide bonds. The predicted molar refractivity (Wildman–Crippen MR) is 55.2 cm³/mol. The van der Waals surface area contributed by atoms with Gasteiger partial charge < -0.3 is 4.74 Å². The van der Waals surface area contributed by atoms with Gasteiger partial charge in [0.25, 0.3) is 0 Å². The average molecular weight is 240 g/mol. The van der Waals surface area contributed by atoms with E-state index in [9.17, 15) is 0 Å². The van der Waals surface area contributed by atoms with Crippen LogP contribution in [0.2, 0.25) is 0 Å². The SMILES string of the molecule is COc1cc(C#N)ccc1CCBr. The van der Waals surface area contributed by atoms with Crippen molar-refractivity contribution in [2.24, 2.45) is 0 Å². The van der Waals surface area contributed by atoms with Crippen molar-refractivity contribution in [3.05, 3.63) is 29.3 Å². The Morgan fingerprint density at radius 3 is 2.85 bits per heavy atom. The fourth-order valence-electron chi connectivity index (χ4n) is 1.12. The van der Waals surface area contributed by atoms with Gasteiger partial charge in [-0.2, -0.15) is 5.26 Å². The summed E-state index contributed by atoms with van der Waals surface area (Å²) in [5.41, 5.74) is 1.76. The molecular formula is C10H10BrNO. The number of ether oxygens (including phenoxy) is 1. The number of hydrogen-bond acceptors (Lipinski definition) is 2. The van der Waals surface area contributed by atoms with Crippen LogP contribution in [-0.2, 0) is 6.42 Å². The van der Waals surface area contributed by atoms with E-state index in [0.29, 0.717) is 5.56 Å². The number of aryl methyl sites for hydroxylation is 1. The van der Waals surface area contributed by atoms with E-state index in [0.717, 1.165) is 23.1 Å². The van der Waals surface area contributed by atoms with Crippen molar-refractivity contribution in [2.45, 2.75) is 6.42 Å². The van der Waals surface area contributed by atoms with E-state index in [-0.39, 0.29) is 0 Å². The predicted octanol–water partition coefficient (Wildman–Crippen LogP) is 2.50. The molecule has 0 spiro atoms. The molecule has 1 rings (SSSR count). The molecule has 0 saturated heterocycles. The van der Waals surface area contributed by atoms with E-state index in [2.05, 4.69) is 22.0 Å². The smallest absolute Gasteiger partial charge is 0.123 e. The molecule has 0 saturated carbocycles. The fourth-order valence-corrected chi connectivity index (χ4v) is 1.55. The molecule has 1 aromatic rings. The summed E-state index contributed by atoms with van der Waals surface area (Å²) in [5, 5.41) is 9.56. The number of nitriles is 1. The Hall–Kier alpha value is -1.01. The summed E-state index contributed by atoms with van der Waals surface area (Å²) in [4.78, 5) is 0. The molecule has 0 N–H and O–H groups in total. The summed E-state index contributed by atoms with van der Waals surface area (Å²) >= 11 is 3.36. The summed E-state index contributed by atoms with van der Waals surface area (Å²) in [6, 6.07) is 7.58. The van der Waals surface area contributed by atoms with Gasteiger partial charge >= 0.3 is 0 Å². The van der Waals surface area contributed by atoms with Gasteiger partial charge in [0, 0.05) is 5.33 Å². The minimum absolute atomic E-state index is 0.634. The van der Waals surface area contributed by atoms with E-state index in [1.165, 1.54) is 0 Å². The average Bonchev–Trinajstić information content (AvgIpc) is 2.19. The zero-order valence-electron chi connectivity index (χ0n) is 7.38. The number of halogens is 1. The van der Waals surface area contributed by atoms with Crippen LogP contribution in [0.25, 0.3) is 0 Å². The first-order chi connectivity index (χ1) is 6.31. The summed E-state index contributed by atoms with van der Waals surface area (Å²) in [6.07, 6.45) is 0.912. The minimum Gasteiger partial charge on any atom is -0.496 e. The van der Waals surface area contributed by atoms with E-state index in [1.807, 2.05) is 6.07 Å². The van der Waals surface area contributed by atoms with Crippen molar-refractivity contribution in [3.8, 4) is 11.8 Å². The Kier molecular flexibility index (Phi) is 3.78. The molecule has 0 unspecified atom stereocenters. The number of rotatable bonds is 3. The highest BCUT2D eigenvalue weighted by Gasteiger charge is 2.02. The first-order valence-corrected chi connectivity index (χ1v) is 5.07. The van der Waals surface area contributed by atoms with Gasteiger partial charge in [0.15, 0.2) is 0 Å². The molecule has 0 aliphatic heterocycles. The molecular weight excluding hydrogens is 230 g/mol. The quantitative estimate of drug-likeness (QED) is 0.760. The highest BCUT2D eigenvalue weighted by molar-refractivity contribution is 9.09. The Morgan fingerprint density at radius 1 is 1.54 bits per heavy atom. The van der Waals surface area contributed by atoms with E-state index < -0.39 is 0 Å². The second-order valence-electron chi connectivity index (χ2n) is 2.58. The van der Waals surface area contributed by atoms with Crippen molar-refractivity contribution in [1.82, 2.24) is 0 Å². The molecule has 2 nitrogen and oxygen atoms in total. The van der Waals surface area contributed by atoms with Crippen LogP contribution in [-0.4, -0.2) is 12.4 Å². The monoisotopic (exact) mass is 239 g/mol. The van der Waals surface area contributed by atoms with Gasteiger partial charge in [-0.05, 0) is 24.1 Å². The lowest BCUT2D eigenvalue weighted by atomic mass is 10.1. The van der Waals surface area contributed by atoms with Crippen molar-refractivity contribution < 1.29 is 4.74 Å². The van der Waals surface area contributed by atoms with Gasteiger partial charge in [-0.1, -0.05) is 22.0 Å². The van der Waals surface area contributed by atoms with Gasteiger partial charge in [-0.15, -0.1) is 0 Å². The van der Waals surface area contributed by atoms with Crippen LogP contribution >= 0.6 is 15.9 Å². The molecule has 0 aliphatic rings. The molecule has 0 aliphatic carbocycles. The zero-order chi connectivity index (χ0) is 9.68. The summed E-state index contributed by atoms with van der Waals surface area (Å²) < 4.78 is 5.17. The molecule has 0 radical (unpaired) electrons. The minimum atomic E-state index is 0.634. The molecule has 0 bridgehead atoms. The van der Waals surface area contributed by atoms with Crippen LogP contribution in [0.4, 0.5) is 0 Å². The summed E-state index contributed by atoms with van der Waals surface area (Å²) in [7, 11) is 1.62. The van der Waals surface area contributed by atoms with Gasteiger partial charge in [0.1, 0.15) is 5.75 Å². The molecule has 3 heteroatoms. The maximum absolute atomic E-state index is 8.66. The van der Waals surface area contributed by atoms with E-state index in [4.69, 9.17) is 10.00 Å². The molecule has 1 aromatic carbocycles. The van der Waals surface area contributed by atoms with Gasteiger partial charge in [-0.3, -0.25) is 0 Å². The topological polar surface area (TPSA) is 33.0 Å². The van der Waals surface area contributed by atoms with Crippen LogP contribution in [0.5, 0.6) is 5.75 Å². The Labute approximate surface area is 86.3 Å². The highest BCUT2D eigenvalue weighted by atomic mass is 79.9. The molecule has 0 aromatic heterocycles. The number of methoxy groups -OCH3 is 1. The number of hydrogen-bond donors (Lipinski definition) is 0. The molecule has 68 valence electrons. The van der Waals surface area contributed by atoms with Crippen molar-refractivity contribution in [3.63, 3.8) is 0 Å². The van der Waals surface area contributed by atoms with Gasteiger partial charge in [0.2, 0.25) is 0 Å². The Balaban J connectivity index is 3.02. The first-order valence-electron chi connectivity index (χ1n) is 3.94. The van der Waals surface area contributed by atoms with Crippen molar-refractivity contribution in [1.29, 1.82) is 5.26 Å². The highest BCUT2D eigenvalue weighted by Crippen LogP contribution is 2.20. The third-order valence-corrected chi connectivity index (χ3v) is 2.18. The van der Waals surface area contributed by atoms with Crippen molar-refractivity contribution in [2.75, 3.05) is 12.4 Å². The van der Waals surface area contributed by atoms with Crippen molar-refractivity contribution >= 4 is 15.9 Å². The second kappa shape index (κ2) is 4.88. The molecule has 0 atom stereocenters. The van der Waals surface area contributed by atoms with Gasteiger partial charge in [0.05, 0.1) is 18.7 Å². The summed E-state index contributed by atoms with van der Waals surface area (Å²) in [6.45, 7) is 0. The third-order valence-electron chi connectivity index (χ3n) is 1.78. The Bertz CT molecular complexity index is 330. The normalized spacial score (nSPS) is 9.31. The number of nitrogens with zero attached hydrogens (tertiary/aromatic N) is 1. The lowest BCUT2D eigenvalue weighted by Gasteiger charge is -2.06. The lowest BCUT2D eigenvalue weighted by Crippen LogP contribution is -1.93. The third kappa shape index (κ3) is 2.46. The number of alkyl halides is 1. The van der Waals surface area contributed by atoms with E-state index in [1.54, 1.807) is 19.2 Å². The molecule has 0 fully saturated rings. The maximum Gasteiger partial charge on any atom is 0.123 e. The first kappa shape index (κ1) is 10.1. The van der Waals surface area contributed by atoms with Crippen LogP contribution < -0.4 is 4.74 Å². The summed E-state index contributed by atoms with van der Waals surface area (Å²) in [5.74, 6) is 0.790. The standard InChI is InChI=1S/C10H10BrNO/c1-13-10-6-8(7-12)2-3-9(10)4-5-11/h2-3,6H,4-5H2,1H3. The van der Waals surface area contributed by atoms with Crippen LogP contribution in [0.15, 0.2) is 18.2 Å². The van der Waals surface area contributed by atoms with E-state index >= 15 is 0 Å².